The number of hydrogen-bond acceptors (Lipinski definition) is 2. The molecular formula is C16H22O3. The summed E-state index contributed by atoms with van der Waals surface area (Å²) in [7, 11) is 0. The number of rotatable bonds is 5. The minimum absolute atomic E-state index is 0.00853. The Kier molecular flexibility index (Phi) is 4.87. The van der Waals surface area contributed by atoms with Crippen LogP contribution in [0.3, 0.4) is 0 Å². The molecule has 0 heterocycles. The third-order valence-corrected chi connectivity index (χ3v) is 3.13. The Balaban J connectivity index is 2.71. The SMILES string of the molecule is CC(CC(=O)O)CC(=O)c1ccc(C(C)(C)C)cc1. The molecule has 19 heavy (non-hydrogen) atoms. The summed E-state index contributed by atoms with van der Waals surface area (Å²) in [5, 5.41) is 8.68. The van der Waals surface area contributed by atoms with E-state index in [-0.39, 0.29) is 30.0 Å². The van der Waals surface area contributed by atoms with Crippen molar-refractivity contribution in [3.63, 3.8) is 0 Å². The second-order valence-corrected chi connectivity index (χ2v) is 6.16. The van der Waals surface area contributed by atoms with Gasteiger partial charge in [-0.1, -0.05) is 52.0 Å². The van der Waals surface area contributed by atoms with Gasteiger partial charge in [0.15, 0.2) is 5.78 Å². The quantitative estimate of drug-likeness (QED) is 0.824. The number of benzene rings is 1. The smallest absolute Gasteiger partial charge is 0.303 e. The zero-order chi connectivity index (χ0) is 14.6. The Morgan fingerprint density at radius 1 is 1.11 bits per heavy atom. The van der Waals surface area contributed by atoms with Gasteiger partial charge in [0.05, 0.1) is 0 Å². The number of ketones is 1. The van der Waals surface area contributed by atoms with Gasteiger partial charge in [0.2, 0.25) is 0 Å². The lowest BCUT2D eigenvalue weighted by molar-refractivity contribution is -0.137. The number of aliphatic carboxylic acids is 1. The van der Waals surface area contributed by atoms with Crippen LogP contribution < -0.4 is 0 Å². The molecule has 3 heteroatoms. The van der Waals surface area contributed by atoms with Gasteiger partial charge in [0, 0.05) is 18.4 Å². The summed E-state index contributed by atoms with van der Waals surface area (Å²) in [6, 6.07) is 7.59. The van der Waals surface area contributed by atoms with Crippen LogP contribution in [0.2, 0.25) is 0 Å². The van der Waals surface area contributed by atoms with Crippen molar-refractivity contribution in [2.75, 3.05) is 0 Å². The minimum atomic E-state index is -0.858. The van der Waals surface area contributed by atoms with E-state index in [1.54, 1.807) is 6.92 Å². The summed E-state index contributed by atoms with van der Waals surface area (Å²) in [5.74, 6) is -0.982. The van der Waals surface area contributed by atoms with E-state index in [9.17, 15) is 9.59 Å². The maximum atomic E-state index is 12.0. The molecule has 0 amide bonds. The predicted octanol–water partition coefficient (Wildman–Crippen LogP) is 3.67. The summed E-state index contributed by atoms with van der Waals surface area (Å²) in [4.78, 5) is 22.6. The standard InChI is InChI=1S/C16H22O3/c1-11(10-15(18)19)9-14(17)12-5-7-13(8-6-12)16(2,3)4/h5-8,11H,9-10H2,1-4H3,(H,18,19). The van der Waals surface area contributed by atoms with Gasteiger partial charge in [-0.05, 0) is 16.9 Å². The van der Waals surface area contributed by atoms with Gasteiger partial charge < -0.3 is 5.11 Å². The average Bonchev–Trinajstić information content (AvgIpc) is 2.26. The van der Waals surface area contributed by atoms with Crippen LogP contribution in [0.4, 0.5) is 0 Å². The highest BCUT2D eigenvalue weighted by molar-refractivity contribution is 5.96. The van der Waals surface area contributed by atoms with Crippen LogP contribution in [0, 0.1) is 5.92 Å². The Hall–Kier alpha value is -1.64. The highest BCUT2D eigenvalue weighted by Crippen LogP contribution is 2.23. The zero-order valence-corrected chi connectivity index (χ0v) is 12.1. The van der Waals surface area contributed by atoms with Crippen LogP contribution in [0.15, 0.2) is 24.3 Å². The minimum Gasteiger partial charge on any atom is -0.481 e. The van der Waals surface area contributed by atoms with E-state index in [0.29, 0.717) is 5.56 Å². The lowest BCUT2D eigenvalue weighted by Gasteiger charge is -2.19. The zero-order valence-electron chi connectivity index (χ0n) is 12.1. The molecule has 0 aliphatic carbocycles. The maximum Gasteiger partial charge on any atom is 0.303 e. The fourth-order valence-electron chi connectivity index (χ4n) is 1.96. The van der Waals surface area contributed by atoms with E-state index >= 15 is 0 Å². The summed E-state index contributed by atoms with van der Waals surface area (Å²) in [5.41, 5.74) is 1.91. The van der Waals surface area contributed by atoms with Gasteiger partial charge in [-0.25, -0.2) is 0 Å². The number of hydrogen-bond donors (Lipinski definition) is 1. The molecule has 1 N–H and O–H groups in total. The molecule has 104 valence electrons. The third-order valence-electron chi connectivity index (χ3n) is 3.13. The van der Waals surface area contributed by atoms with Crippen molar-refractivity contribution in [1.82, 2.24) is 0 Å². The summed E-state index contributed by atoms with van der Waals surface area (Å²) in [6.07, 6.45) is 0.312. The Morgan fingerprint density at radius 3 is 2.05 bits per heavy atom. The topological polar surface area (TPSA) is 54.4 Å². The number of carboxylic acid groups (broad SMARTS) is 1. The van der Waals surface area contributed by atoms with E-state index in [1.165, 1.54) is 5.56 Å². The van der Waals surface area contributed by atoms with Crippen LogP contribution in [0.1, 0.15) is 56.5 Å². The largest absolute Gasteiger partial charge is 0.481 e. The lowest BCUT2D eigenvalue weighted by atomic mass is 9.86. The van der Waals surface area contributed by atoms with Gasteiger partial charge >= 0.3 is 5.97 Å². The van der Waals surface area contributed by atoms with Crippen LogP contribution in [-0.2, 0) is 10.2 Å². The second kappa shape index (κ2) is 6.00. The van der Waals surface area contributed by atoms with E-state index in [2.05, 4.69) is 20.8 Å². The van der Waals surface area contributed by atoms with Gasteiger partial charge in [-0.3, -0.25) is 9.59 Å². The fraction of sp³-hybridized carbons (Fsp3) is 0.500. The Labute approximate surface area is 114 Å². The number of carboxylic acids is 1. The van der Waals surface area contributed by atoms with Gasteiger partial charge in [0.25, 0.3) is 0 Å². The molecule has 0 aliphatic heterocycles. The van der Waals surface area contributed by atoms with E-state index < -0.39 is 5.97 Å². The molecule has 3 nitrogen and oxygen atoms in total. The van der Waals surface area contributed by atoms with Crippen LogP contribution >= 0.6 is 0 Å². The highest BCUT2D eigenvalue weighted by atomic mass is 16.4. The molecule has 0 radical (unpaired) electrons. The first-order valence-corrected chi connectivity index (χ1v) is 6.55. The van der Waals surface area contributed by atoms with Crippen molar-refractivity contribution in [2.24, 2.45) is 5.92 Å². The Morgan fingerprint density at radius 2 is 1.63 bits per heavy atom. The van der Waals surface area contributed by atoms with E-state index in [1.807, 2.05) is 24.3 Å². The van der Waals surface area contributed by atoms with Crippen molar-refractivity contribution < 1.29 is 14.7 Å². The van der Waals surface area contributed by atoms with Crippen molar-refractivity contribution in [3.8, 4) is 0 Å². The fourth-order valence-corrected chi connectivity index (χ4v) is 1.96. The molecule has 0 saturated heterocycles. The Bertz CT molecular complexity index is 452. The lowest BCUT2D eigenvalue weighted by Crippen LogP contribution is -2.12. The summed E-state index contributed by atoms with van der Waals surface area (Å²) in [6.45, 7) is 8.16. The molecule has 0 spiro atoms. The molecule has 0 bridgehead atoms. The molecular weight excluding hydrogens is 240 g/mol. The van der Waals surface area contributed by atoms with Gasteiger partial charge in [-0.15, -0.1) is 0 Å². The summed E-state index contributed by atoms with van der Waals surface area (Å²) >= 11 is 0. The molecule has 0 fully saturated rings. The average molecular weight is 262 g/mol. The first kappa shape index (κ1) is 15.4. The number of Topliss-reactive ketones (excluding diaryl/α,β-unsaturated/α-hetero) is 1. The van der Waals surface area contributed by atoms with Crippen LogP contribution in [-0.4, -0.2) is 16.9 Å². The number of carbonyl (C=O) groups is 2. The van der Waals surface area contributed by atoms with E-state index in [4.69, 9.17) is 5.11 Å². The number of carbonyl (C=O) groups excluding carboxylic acids is 1. The van der Waals surface area contributed by atoms with Crippen molar-refractivity contribution in [2.45, 2.75) is 46.0 Å². The predicted molar refractivity (Wildman–Crippen MR) is 75.5 cm³/mol. The highest BCUT2D eigenvalue weighted by Gasteiger charge is 2.16. The van der Waals surface area contributed by atoms with Crippen molar-refractivity contribution >= 4 is 11.8 Å². The molecule has 1 unspecified atom stereocenters. The normalized spacial score (nSPS) is 13.1. The molecule has 0 saturated carbocycles. The molecule has 1 aromatic rings. The molecule has 0 aliphatic rings. The second-order valence-electron chi connectivity index (χ2n) is 6.16. The molecule has 1 atom stereocenters. The molecule has 1 rings (SSSR count). The van der Waals surface area contributed by atoms with Gasteiger partial charge in [-0.2, -0.15) is 0 Å². The summed E-state index contributed by atoms with van der Waals surface area (Å²) < 4.78 is 0. The van der Waals surface area contributed by atoms with E-state index in [0.717, 1.165) is 0 Å². The van der Waals surface area contributed by atoms with Gasteiger partial charge in [0.1, 0.15) is 0 Å². The van der Waals surface area contributed by atoms with Crippen molar-refractivity contribution in [1.29, 1.82) is 0 Å². The monoisotopic (exact) mass is 262 g/mol. The van der Waals surface area contributed by atoms with Crippen LogP contribution in [0.5, 0.6) is 0 Å². The van der Waals surface area contributed by atoms with Crippen LogP contribution in [0.25, 0.3) is 0 Å². The maximum absolute atomic E-state index is 12.0. The molecule has 0 aromatic heterocycles. The third kappa shape index (κ3) is 4.86. The first-order valence-electron chi connectivity index (χ1n) is 6.55. The molecule has 1 aromatic carbocycles. The first-order chi connectivity index (χ1) is 8.70. The van der Waals surface area contributed by atoms with Crippen molar-refractivity contribution in [3.05, 3.63) is 35.4 Å².